The van der Waals surface area contributed by atoms with Crippen LogP contribution in [0, 0.1) is 0 Å². The van der Waals surface area contributed by atoms with E-state index < -0.39 is 16.7 Å². The van der Waals surface area contributed by atoms with E-state index in [-0.39, 0.29) is 13.2 Å². The van der Waals surface area contributed by atoms with Crippen LogP contribution in [0.4, 0.5) is 0 Å². The van der Waals surface area contributed by atoms with Crippen molar-refractivity contribution in [2.75, 3.05) is 19.8 Å². The number of aliphatic hydroxyl groups is 1. The van der Waals surface area contributed by atoms with Crippen molar-refractivity contribution in [3.8, 4) is 0 Å². The van der Waals surface area contributed by atoms with Crippen LogP contribution in [-0.2, 0) is 23.5 Å². The quantitative estimate of drug-likeness (QED) is 0.449. The number of aliphatic hydroxyl groups excluding tert-OH is 1. The number of rotatable bonds is 11. The highest BCUT2D eigenvalue weighted by Gasteiger charge is 2.19. The SMILES string of the molecule is CCCCCOC(CC)OS(=O)(=O)OCCO. The third-order valence-corrected chi connectivity index (χ3v) is 2.83. The van der Waals surface area contributed by atoms with Gasteiger partial charge in [-0.25, -0.2) is 8.37 Å². The lowest BCUT2D eigenvalue weighted by atomic mass is 10.3. The Balaban J connectivity index is 3.94. The molecule has 0 fully saturated rings. The number of ether oxygens (including phenoxy) is 1. The zero-order valence-electron chi connectivity index (χ0n) is 10.4. The van der Waals surface area contributed by atoms with Crippen molar-refractivity contribution < 1.29 is 26.6 Å². The largest absolute Gasteiger partial charge is 0.402 e. The van der Waals surface area contributed by atoms with Gasteiger partial charge >= 0.3 is 10.4 Å². The van der Waals surface area contributed by atoms with E-state index in [9.17, 15) is 8.42 Å². The van der Waals surface area contributed by atoms with Crippen LogP contribution in [0.25, 0.3) is 0 Å². The average molecular weight is 270 g/mol. The normalized spacial score (nSPS) is 13.8. The summed E-state index contributed by atoms with van der Waals surface area (Å²) in [5, 5.41) is 8.45. The predicted octanol–water partition coefficient (Wildman–Crippen LogP) is 1.20. The molecule has 1 atom stereocenters. The molecule has 0 bridgehead atoms. The summed E-state index contributed by atoms with van der Waals surface area (Å²) in [6, 6.07) is 0. The minimum atomic E-state index is -4.08. The van der Waals surface area contributed by atoms with Crippen LogP contribution in [0.15, 0.2) is 0 Å². The van der Waals surface area contributed by atoms with Crippen molar-refractivity contribution in [1.82, 2.24) is 0 Å². The lowest BCUT2D eigenvalue weighted by molar-refractivity contribution is -0.0860. The van der Waals surface area contributed by atoms with Gasteiger partial charge in [-0.15, -0.1) is 0 Å². The van der Waals surface area contributed by atoms with Gasteiger partial charge in [-0.1, -0.05) is 26.7 Å². The molecule has 0 aromatic carbocycles. The molecule has 0 aromatic heterocycles. The third-order valence-electron chi connectivity index (χ3n) is 1.93. The third kappa shape index (κ3) is 9.49. The van der Waals surface area contributed by atoms with E-state index in [0.717, 1.165) is 19.3 Å². The predicted molar refractivity (Wildman–Crippen MR) is 62.6 cm³/mol. The Morgan fingerprint density at radius 3 is 2.41 bits per heavy atom. The van der Waals surface area contributed by atoms with Gasteiger partial charge < -0.3 is 9.84 Å². The molecule has 0 heterocycles. The summed E-state index contributed by atoms with van der Waals surface area (Å²) in [6.07, 6.45) is 2.56. The molecule has 0 amide bonds. The maximum atomic E-state index is 11.2. The summed E-state index contributed by atoms with van der Waals surface area (Å²) < 4.78 is 36.7. The van der Waals surface area contributed by atoms with Crippen LogP contribution < -0.4 is 0 Å². The Bertz CT molecular complexity index is 264. The topological polar surface area (TPSA) is 82.1 Å². The zero-order valence-corrected chi connectivity index (χ0v) is 11.2. The Morgan fingerprint density at radius 2 is 1.88 bits per heavy atom. The lowest BCUT2D eigenvalue weighted by Gasteiger charge is -2.15. The first kappa shape index (κ1) is 16.8. The van der Waals surface area contributed by atoms with E-state index in [0.29, 0.717) is 13.0 Å². The van der Waals surface area contributed by atoms with Gasteiger partial charge in [0, 0.05) is 6.61 Å². The van der Waals surface area contributed by atoms with Gasteiger partial charge in [0.2, 0.25) is 0 Å². The highest BCUT2D eigenvalue weighted by molar-refractivity contribution is 7.81. The fourth-order valence-corrected chi connectivity index (χ4v) is 1.87. The van der Waals surface area contributed by atoms with E-state index in [1.807, 2.05) is 0 Å². The van der Waals surface area contributed by atoms with Gasteiger partial charge in [0.1, 0.15) is 0 Å². The molecule has 0 aromatic rings. The molecule has 0 rings (SSSR count). The van der Waals surface area contributed by atoms with Crippen molar-refractivity contribution in [1.29, 1.82) is 0 Å². The summed E-state index contributed by atoms with van der Waals surface area (Å²) in [7, 11) is -4.08. The molecule has 1 unspecified atom stereocenters. The monoisotopic (exact) mass is 270 g/mol. The molecule has 0 radical (unpaired) electrons. The highest BCUT2D eigenvalue weighted by Crippen LogP contribution is 2.08. The highest BCUT2D eigenvalue weighted by atomic mass is 32.3. The molecule has 0 aliphatic heterocycles. The van der Waals surface area contributed by atoms with Crippen LogP contribution >= 0.6 is 0 Å². The second kappa shape index (κ2) is 9.78. The first-order valence-electron chi connectivity index (χ1n) is 5.85. The van der Waals surface area contributed by atoms with Crippen molar-refractivity contribution in [3.63, 3.8) is 0 Å². The Labute approximate surface area is 103 Å². The van der Waals surface area contributed by atoms with Crippen LogP contribution in [0.2, 0.25) is 0 Å². The first-order valence-corrected chi connectivity index (χ1v) is 7.19. The molecule has 17 heavy (non-hydrogen) atoms. The molecule has 0 spiro atoms. The van der Waals surface area contributed by atoms with Gasteiger partial charge in [0.25, 0.3) is 0 Å². The van der Waals surface area contributed by atoms with Crippen LogP contribution in [0.5, 0.6) is 0 Å². The zero-order chi connectivity index (χ0) is 13.1. The van der Waals surface area contributed by atoms with E-state index in [2.05, 4.69) is 15.3 Å². The minimum Gasteiger partial charge on any atom is -0.394 e. The standard InChI is InChI=1S/C10H22O6S/c1-3-5-6-8-14-10(4-2)16-17(12,13)15-9-7-11/h10-11H,3-9H2,1-2H3. The molecule has 0 saturated heterocycles. The maximum absolute atomic E-state index is 11.2. The van der Waals surface area contributed by atoms with E-state index in [1.165, 1.54) is 0 Å². The minimum absolute atomic E-state index is 0.311. The number of hydrogen-bond donors (Lipinski definition) is 1. The fourth-order valence-electron chi connectivity index (χ4n) is 1.08. The molecule has 0 aliphatic carbocycles. The summed E-state index contributed by atoms with van der Waals surface area (Å²) in [5.74, 6) is 0. The molecule has 0 saturated carbocycles. The number of unbranched alkanes of at least 4 members (excludes halogenated alkanes) is 2. The second-order valence-corrected chi connectivity index (χ2v) is 4.71. The number of hydrogen-bond acceptors (Lipinski definition) is 6. The summed E-state index contributed by atoms with van der Waals surface area (Å²) in [5.41, 5.74) is 0. The van der Waals surface area contributed by atoms with Crippen molar-refractivity contribution in [2.24, 2.45) is 0 Å². The molecular formula is C10H22O6S. The maximum Gasteiger partial charge on any atom is 0.402 e. The van der Waals surface area contributed by atoms with E-state index >= 15 is 0 Å². The van der Waals surface area contributed by atoms with Crippen molar-refractivity contribution in [2.45, 2.75) is 45.8 Å². The summed E-state index contributed by atoms with van der Waals surface area (Å²) in [4.78, 5) is 0. The molecule has 6 nitrogen and oxygen atoms in total. The van der Waals surface area contributed by atoms with Gasteiger partial charge in [-0.3, -0.25) is 0 Å². The lowest BCUT2D eigenvalue weighted by Crippen LogP contribution is -2.23. The van der Waals surface area contributed by atoms with Crippen molar-refractivity contribution in [3.05, 3.63) is 0 Å². The van der Waals surface area contributed by atoms with E-state index in [1.54, 1.807) is 6.92 Å². The molecule has 0 aliphatic rings. The molecule has 7 heteroatoms. The van der Waals surface area contributed by atoms with Gasteiger partial charge in [0.15, 0.2) is 6.29 Å². The average Bonchev–Trinajstić information content (AvgIpc) is 2.30. The summed E-state index contributed by atoms with van der Waals surface area (Å²) >= 11 is 0. The van der Waals surface area contributed by atoms with Gasteiger partial charge in [-0.2, -0.15) is 8.42 Å². The van der Waals surface area contributed by atoms with Crippen LogP contribution in [-0.4, -0.2) is 39.6 Å². The fraction of sp³-hybridized carbons (Fsp3) is 1.00. The smallest absolute Gasteiger partial charge is 0.394 e. The first-order chi connectivity index (χ1) is 8.05. The van der Waals surface area contributed by atoms with Crippen LogP contribution in [0.1, 0.15) is 39.5 Å². The molecule has 104 valence electrons. The van der Waals surface area contributed by atoms with Gasteiger partial charge in [-0.05, 0) is 12.8 Å². The molecular weight excluding hydrogens is 248 g/mol. The Kier molecular flexibility index (Phi) is 9.66. The van der Waals surface area contributed by atoms with E-state index in [4.69, 9.17) is 9.84 Å². The van der Waals surface area contributed by atoms with Gasteiger partial charge in [0.05, 0.1) is 13.2 Å². The Hall–Kier alpha value is -0.210. The molecule has 1 N–H and O–H groups in total. The summed E-state index contributed by atoms with van der Waals surface area (Å²) in [6.45, 7) is 3.60. The van der Waals surface area contributed by atoms with Crippen LogP contribution in [0.3, 0.4) is 0 Å². The Morgan fingerprint density at radius 1 is 1.18 bits per heavy atom. The van der Waals surface area contributed by atoms with Crippen molar-refractivity contribution >= 4 is 10.4 Å². The second-order valence-electron chi connectivity index (χ2n) is 3.47.